The summed E-state index contributed by atoms with van der Waals surface area (Å²) in [6.45, 7) is 2.76. The highest BCUT2D eigenvalue weighted by atomic mass is 16.5. The Balaban J connectivity index is 1.83. The van der Waals surface area contributed by atoms with E-state index < -0.39 is 0 Å². The molecule has 0 aromatic carbocycles. The van der Waals surface area contributed by atoms with Gasteiger partial charge in [-0.05, 0) is 31.4 Å². The first-order valence-electron chi connectivity index (χ1n) is 6.59. The number of furan rings is 1. The van der Waals surface area contributed by atoms with Crippen LogP contribution in [0.3, 0.4) is 0 Å². The van der Waals surface area contributed by atoms with E-state index >= 15 is 0 Å². The van der Waals surface area contributed by atoms with Crippen LogP contribution in [0.2, 0.25) is 0 Å². The minimum Gasteiger partial charge on any atom is -0.459 e. The summed E-state index contributed by atoms with van der Waals surface area (Å²) in [6, 6.07) is 5.33. The number of amides is 1. The van der Waals surface area contributed by atoms with Crippen LogP contribution in [0.25, 0.3) is 0 Å². The van der Waals surface area contributed by atoms with Crippen LogP contribution in [0.4, 0.5) is 0 Å². The van der Waals surface area contributed by atoms with Crippen molar-refractivity contribution < 1.29 is 13.7 Å². The van der Waals surface area contributed by atoms with Crippen LogP contribution < -0.4 is 0 Å². The van der Waals surface area contributed by atoms with Crippen molar-refractivity contribution in [3.63, 3.8) is 0 Å². The highest BCUT2D eigenvalue weighted by Crippen LogP contribution is 2.33. The van der Waals surface area contributed by atoms with E-state index in [1.54, 1.807) is 17.0 Å². The van der Waals surface area contributed by atoms with Gasteiger partial charge in [-0.1, -0.05) is 12.1 Å². The number of aromatic nitrogens is 1. The van der Waals surface area contributed by atoms with E-state index in [-0.39, 0.29) is 11.9 Å². The van der Waals surface area contributed by atoms with Crippen molar-refractivity contribution in [1.29, 1.82) is 0 Å². The molecule has 1 amide bonds. The van der Waals surface area contributed by atoms with Gasteiger partial charge in [0, 0.05) is 12.6 Å². The van der Waals surface area contributed by atoms with Gasteiger partial charge in [-0.25, -0.2) is 0 Å². The molecular weight excluding hydrogens is 244 g/mol. The van der Waals surface area contributed by atoms with Crippen molar-refractivity contribution in [3.05, 3.63) is 41.7 Å². The molecule has 0 unspecified atom stereocenters. The molecule has 3 rings (SSSR count). The lowest BCUT2D eigenvalue weighted by molar-refractivity contribution is 0.0682. The molecule has 1 aliphatic rings. The molecule has 1 atom stereocenters. The quantitative estimate of drug-likeness (QED) is 0.851. The SMILES string of the molecule is CCc1cc([C@H]2CCCN2C(=O)c2ccco2)on1. The largest absolute Gasteiger partial charge is 0.459 e. The lowest BCUT2D eigenvalue weighted by Gasteiger charge is -2.21. The lowest BCUT2D eigenvalue weighted by Crippen LogP contribution is -2.30. The van der Waals surface area contributed by atoms with Gasteiger partial charge in [-0.15, -0.1) is 0 Å². The molecule has 3 heterocycles. The average Bonchev–Trinajstić information content (AvgIpc) is 3.16. The predicted octanol–water partition coefficient (Wildman–Crippen LogP) is 2.81. The summed E-state index contributed by atoms with van der Waals surface area (Å²) in [6.07, 6.45) is 4.23. The fourth-order valence-electron chi connectivity index (χ4n) is 2.50. The van der Waals surface area contributed by atoms with Crippen LogP contribution >= 0.6 is 0 Å². The Morgan fingerprint density at radius 3 is 3.16 bits per heavy atom. The third kappa shape index (κ3) is 2.16. The van der Waals surface area contributed by atoms with Gasteiger partial charge in [-0.2, -0.15) is 0 Å². The molecule has 0 aliphatic carbocycles. The Labute approximate surface area is 111 Å². The molecule has 0 bridgehead atoms. The molecule has 19 heavy (non-hydrogen) atoms. The molecule has 1 saturated heterocycles. The smallest absolute Gasteiger partial charge is 0.290 e. The fourth-order valence-corrected chi connectivity index (χ4v) is 2.50. The molecule has 2 aromatic heterocycles. The molecule has 2 aromatic rings. The molecule has 0 N–H and O–H groups in total. The second kappa shape index (κ2) is 4.91. The molecule has 5 nitrogen and oxygen atoms in total. The van der Waals surface area contributed by atoms with Crippen molar-refractivity contribution in [2.75, 3.05) is 6.54 Å². The van der Waals surface area contributed by atoms with Crippen molar-refractivity contribution in [2.24, 2.45) is 0 Å². The van der Waals surface area contributed by atoms with Crippen molar-refractivity contribution in [3.8, 4) is 0 Å². The van der Waals surface area contributed by atoms with E-state index in [1.165, 1.54) is 6.26 Å². The van der Waals surface area contributed by atoms with Gasteiger partial charge in [0.15, 0.2) is 11.5 Å². The highest BCUT2D eigenvalue weighted by molar-refractivity contribution is 5.91. The number of likely N-dealkylation sites (tertiary alicyclic amines) is 1. The van der Waals surface area contributed by atoms with Gasteiger partial charge in [-0.3, -0.25) is 4.79 Å². The maximum absolute atomic E-state index is 12.3. The minimum atomic E-state index is -0.0815. The molecular formula is C14H16N2O3. The second-order valence-electron chi connectivity index (χ2n) is 4.71. The van der Waals surface area contributed by atoms with Crippen molar-refractivity contribution in [2.45, 2.75) is 32.2 Å². The molecule has 1 aliphatic heterocycles. The maximum Gasteiger partial charge on any atom is 0.290 e. The van der Waals surface area contributed by atoms with E-state index in [0.717, 1.165) is 37.3 Å². The Kier molecular flexibility index (Phi) is 3.11. The summed E-state index contributed by atoms with van der Waals surface area (Å²) >= 11 is 0. The zero-order valence-corrected chi connectivity index (χ0v) is 10.8. The minimum absolute atomic E-state index is 0.0228. The number of rotatable bonds is 3. The summed E-state index contributed by atoms with van der Waals surface area (Å²) in [5, 5.41) is 4.00. The van der Waals surface area contributed by atoms with Gasteiger partial charge in [0.05, 0.1) is 18.0 Å². The lowest BCUT2D eigenvalue weighted by atomic mass is 10.1. The predicted molar refractivity (Wildman–Crippen MR) is 67.6 cm³/mol. The van der Waals surface area contributed by atoms with Gasteiger partial charge in [0.2, 0.25) is 0 Å². The number of aryl methyl sites for hydroxylation is 1. The van der Waals surface area contributed by atoms with E-state index in [4.69, 9.17) is 8.94 Å². The Hall–Kier alpha value is -2.04. The van der Waals surface area contributed by atoms with Crippen LogP contribution in [0.5, 0.6) is 0 Å². The summed E-state index contributed by atoms with van der Waals surface area (Å²) in [5.41, 5.74) is 0.923. The second-order valence-corrected chi connectivity index (χ2v) is 4.71. The zero-order chi connectivity index (χ0) is 13.2. The third-order valence-electron chi connectivity index (χ3n) is 3.51. The van der Waals surface area contributed by atoms with Crippen LogP contribution in [0.15, 0.2) is 33.4 Å². The normalized spacial score (nSPS) is 19.0. The standard InChI is InChI=1S/C14H16N2O3/c1-2-10-9-13(19-15-10)11-5-3-7-16(11)14(17)12-6-4-8-18-12/h4,6,8-9,11H,2-3,5,7H2,1H3/t11-/m1/s1. The van der Waals surface area contributed by atoms with Gasteiger partial charge in [0.25, 0.3) is 5.91 Å². The molecule has 5 heteroatoms. The van der Waals surface area contributed by atoms with Gasteiger partial charge in [0.1, 0.15) is 0 Å². The first-order valence-corrected chi connectivity index (χ1v) is 6.59. The maximum atomic E-state index is 12.3. The number of hydrogen-bond donors (Lipinski definition) is 0. The number of hydrogen-bond acceptors (Lipinski definition) is 4. The first kappa shape index (κ1) is 12.0. The van der Waals surface area contributed by atoms with E-state index in [9.17, 15) is 4.79 Å². The summed E-state index contributed by atoms with van der Waals surface area (Å²) in [7, 11) is 0. The van der Waals surface area contributed by atoms with Crippen LogP contribution in [-0.2, 0) is 6.42 Å². The van der Waals surface area contributed by atoms with Crippen LogP contribution in [0.1, 0.15) is 47.8 Å². The van der Waals surface area contributed by atoms with Gasteiger partial charge < -0.3 is 13.8 Å². The molecule has 1 fully saturated rings. The number of carbonyl (C=O) groups excluding carboxylic acids is 1. The molecule has 0 spiro atoms. The van der Waals surface area contributed by atoms with E-state index in [0.29, 0.717) is 5.76 Å². The fraction of sp³-hybridized carbons (Fsp3) is 0.429. The first-order chi connectivity index (χ1) is 9.29. The molecule has 0 radical (unpaired) electrons. The number of carbonyl (C=O) groups is 1. The van der Waals surface area contributed by atoms with Crippen molar-refractivity contribution >= 4 is 5.91 Å². The summed E-state index contributed by atoms with van der Waals surface area (Å²) < 4.78 is 10.5. The van der Waals surface area contributed by atoms with E-state index in [1.807, 2.05) is 13.0 Å². The molecule has 100 valence electrons. The summed E-state index contributed by atoms with van der Waals surface area (Å²) in [4.78, 5) is 14.1. The summed E-state index contributed by atoms with van der Waals surface area (Å²) in [5.74, 6) is 1.07. The average molecular weight is 260 g/mol. The van der Waals surface area contributed by atoms with Crippen LogP contribution in [0, 0.1) is 0 Å². The Bertz CT molecular complexity index is 559. The zero-order valence-electron chi connectivity index (χ0n) is 10.8. The Morgan fingerprint density at radius 1 is 1.58 bits per heavy atom. The van der Waals surface area contributed by atoms with E-state index in [2.05, 4.69) is 5.16 Å². The third-order valence-corrected chi connectivity index (χ3v) is 3.51. The van der Waals surface area contributed by atoms with Gasteiger partial charge >= 0.3 is 0 Å². The van der Waals surface area contributed by atoms with Crippen molar-refractivity contribution in [1.82, 2.24) is 10.1 Å². The molecule has 0 saturated carbocycles. The van der Waals surface area contributed by atoms with Crippen LogP contribution in [-0.4, -0.2) is 22.5 Å². The monoisotopic (exact) mass is 260 g/mol. The Morgan fingerprint density at radius 2 is 2.47 bits per heavy atom. The number of nitrogens with zero attached hydrogens (tertiary/aromatic N) is 2. The topological polar surface area (TPSA) is 59.5 Å². The highest BCUT2D eigenvalue weighted by Gasteiger charge is 2.34.